The van der Waals surface area contributed by atoms with Crippen LogP contribution in [0.2, 0.25) is 0 Å². The van der Waals surface area contributed by atoms with Gasteiger partial charge >= 0.3 is 0 Å². The number of thiophene rings is 1. The van der Waals surface area contributed by atoms with Crippen LogP contribution in [0.5, 0.6) is 0 Å². The van der Waals surface area contributed by atoms with Gasteiger partial charge in [-0.05, 0) is 29.6 Å². The Morgan fingerprint density at radius 3 is 2.84 bits per heavy atom. The lowest BCUT2D eigenvalue weighted by Crippen LogP contribution is -1.87. The Balaban J connectivity index is 2.21. The van der Waals surface area contributed by atoms with Crippen molar-refractivity contribution in [1.82, 2.24) is 5.16 Å². The van der Waals surface area contributed by atoms with Crippen LogP contribution in [0.1, 0.15) is 0 Å². The highest BCUT2D eigenvalue weighted by Crippen LogP contribution is 2.39. The molecule has 6 heteroatoms. The molecule has 0 saturated carbocycles. The third kappa shape index (κ3) is 2.29. The quantitative estimate of drug-likeness (QED) is 0.745. The molecule has 0 spiro atoms. The molecule has 3 nitrogen and oxygen atoms in total. The number of benzene rings is 1. The summed E-state index contributed by atoms with van der Waals surface area (Å²) in [7, 11) is 0. The molecule has 96 valence electrons. The summed E-state index contributed by atoms with van der Waals surface area (Å²) in [4.78, 5) is 0.939. The van der Waals surface area contributed by atoms with Gasteiger partial charge in [-0.3, -0.25) is 0 Å². The van der Waals surface area contributed by atoms with E-state index >= 15 is 0 Å². The summed E-state index contributed by atoms with van der Waals surface area (Å²) < 4.78 is 19.4. The highest BCUT2D eigenvalue weighted by molar-refractivity contribution is 9.10. The van der Waals surface area contributed by atoms with E-state index in [0.29, 0.717) is 27.2 Å². The second-order valence-corrected chi connectivity index (χ2v) is 5.77. The highest BCUT2D eigenvalue weighted by atomic mass is 79.9. The van der Waals surface area contributed by atoms with Crippen molar-refractivity contribution >= 4 is 33.1 Å². The lowest BCUT2D eigenvalue weighted by Gasteiger charge is -2.01. The number of nitrogens with zero attached hydrogens (tertiary/aromatic N) is 1. The minimum absolute atomic E-state index is 0.304. The van der Waals surface area contributed by atoms with Crippen molar-refractivity contribution in [3.8, 4) is 21.8 Å². The number of rotatable bonds is 2. The van der Waals surface area contributed by atoms with Crippen LogP contribution in [0.4, 0.5) is 10.2 Å². The molecule has 3 aromatic rings. The second kappa shape index (κ2) is 4.79. The van der Waals surface area contributed by atoms with Crippen molar-refractivity contribution in [3.05, 3.63) is 46.0 Å². The molecule has 0 aliphatic rings. The number of nitrogens with two attached hydrogens (primary N) is 1. The molecule has 2 aromatic heterocycles. The molecule has 0 amide bonds. The molecule has 0 atom stereocenters. The molecule has 0 unspecified atom stereocenters. The van der Waals surface area contributed by atoms with Gasteiger partial charge in [-0.1, -0.05) is 27.2 Å². The Morgan fingerprint density at radius 2 is 2.16 bits per heavy atom. The van der Waals surface area contributed by atoms with Gasteiger partial charge in [-0.2, -0.15) is 0 Å². The molecule has 0 aliphatic carbocycles. The van der Waals surface area contributed by atoms with Crippen molar-refractivity contribution < 1.29 is 8.91 Å². The molecule has 0 bridgehead atoms. The molecule has 2 heterocycles. The Labute approximate surface area is 121 Å². The first-order valence-corrected chi connectivity index (χ1v) is 7.08. The fourth-order valence-corrected chi connectivity index (χ4v) is 3.08. The van der Waals surface area contributed by atoms with Crippen LogP contribution in [0.3, 0.4) is 0 Å². The summed E-state index contributed by atoms with van der Waals surface area (Å²) in [6, 6.07) is 8.37. The van der Waals surface area contributed by atoms with E-state index in [0.717, 1.165) is 4.88 Å². The van der Waals surface area contributed by atoms with Crippen molar-refractivity contribution in [3.63, 3.8) is 0 Å². The maximum Gasteiger partial charge on any atom is 0.177 e. The number of hydrogen-bond acceptors (Lipinski definition) is 4. The van der Waals surface area contributed by atoms with Crippen LogP contribution in [0, 0.1) is 5.82 Å². The number of anilines is 1. The molecule has 19 heavy (non-hydrogen) atoms. The van der Waals surface area contributed by atoms with Crippen LogP contribution in [0.15, 0.2) is 44.7 Å². The van der Waals surface area contributed by atoms with Gasteiger partial charge in [0.25, 0.3) is 0 Å². The summed E-state index contributed by atoms with van der Waals surface area (Å²) in [5.41, 5.74) is 7.14. The average molecular weight is 339 g/mol. The van der Waals surface area contributed by atoms with Gasteiger partial charge in [0.1, 0.15) is 5.82 Å². The SMILES string of the molecule is Nc1noc(-c2cc(F)cc(Br)c2)c1-c1cccs1. The summed E-state index contributed by atoms with van der Waals surface area (Å²) in [6.07, 6.45) is 0. The molecule has 0 saturated heterocycles. The third-order valence-corrected chi connectivity index (χ3v) is 3.96. The standard InChI is InChI=1S/C13H8BrFN2OS/c14-8-4-7(5-9(15)6-8)12-11(13(16)17-18-12)10-2-1-3-19-10/h1-6H,(H2,16,17). The smallest absolute Gasteiger partial charge is 0.177 e. The third-order valence-electron chi connectivity index (χ3n) is 2.61. The fourth-order valence-electron chi connectivity index (χ4n) is 1.84. The van der Waals surface area contributed by atoms with Crippen molar-refractivity contribution in [2.24, 2.45) is 0 Å². The monoisotopic (exact) mass is 338 g/mol. The van der Waals surface area contributed by atoms with Crippen LogP contribution >= 0.6 is 27.3 Å². The predicted octanol–water partition coefficient (Wildman–Crippen LogP) is 4.55. The van der Waals surface area contributed by atoms with Crippen molar-refractivity contribution in [1.29, 1.82) is 0 Å². The maximum absolute atomic E-state index is 13.5. The zero-order valence-electron chi connectivity index (χ0n) is 9.56. The summed E-state index contributed by atoms with van der Waals surface area (Å²) in [6.45, 7) is 0. The zero-order chi connectivity index (χ0) is 13.4. The van der Waals surface area contributed by atoms with E-state index < -0.39 is 0 Å². The Bertz CT molecular complexity index is 704. The van der Waals surface area contributed by atoms with E-state index in [4.69, 9.17) is 10.3 Å². The van der Waals surface area contributed by atoms with E-state index in [-0.39, 0.29) is 5.82 Å². The first-order chi connectivity index (χ1) is 9.15. The van der Waals surface area contributed by atoms with Crippen molar-refractivity contribution in [2.45, 2.75) is 0 Å². The molecular weight excluding hydrogens is 331 g/mol. The number of halogens is 2. The Hall–Kier alpha value is -1.66. The van der Waals surface area contributed by atoms with Gasteiger partial charge in [-0.25, -0.2) is 4.39 Å². The highest BCUT2D eigenvalue weighted by Gasteiger charge is 2.19. The molecule has 0 aliphatic heterocycles. The van der Waals surface area contributed by atoms with Gasteiger partial charge < -0.3 is 10.3 Å². The molecule has 3 rings (SSSR count). The topological polar surface area (TPSA) is 52.0 Å². The summed E-state index contributed by atoms with van der Waals surface area (Å²) in [5.74, 6) is 0.425. The first kappa shape index (κ1) is 12.4. The first-order valence-electron chi connectivity index (χ1n) is 5.40. The largest absolute Gasteiger partial charge is 0.380 e. The van der Waals surface area contributed by atoms with Gasteiger partial charge in [0.2, 0.25) is 0 Å². The number of hydrogen-bond donors (Lipinski definition) is 1. The molecule has 0 fully saturated rings. The second-order valence-electron chi connectivity index (χ2n) is 3.91. The molecule has 2 N–H and O–H groups in total. The van der Waals surface area contributed by atoms with Gasteiger partial charge in [-0.15, -0.1) is 11.3 Å². The molecule has 0 radical (unpaired) electrons. The lowest BCUT2D eigenvalue weighted by molar-refractivity contribution is 0.436. The minimum Gasteiger partial charge on any atom is -0.380 e. The normalized spacial score (nSPS) is 10.8. The number of aromatic nitrogens is 1. The number of nitrogen functional groups attached to an aromatic ring is 1. The van der Waals surface area contributed by atoms with E-state index in [1.54, 1.807) is 6.07 Å². The minimum atomic E-state index is -0.350. The maximum atomic E-state index is 13.5. The van der Waals surface area contributed by atoms with Gasteiger partial charge in [0, 0.05) is 14.9 Å². The zero-order valence-corrected chi connectivity index (χ0v) is 12.0. The summed E-state index contributed by atoms with van der Waals surface area (Å²) in [5, 5.41) is 5.72. The molecule has 1 aromatic carbocycles. The van der Waals surface area contributed by atoms with Crippen LogP contribution in [-0.4, -0.2) is 5.16 Å². The Kier molecular flexibility index (Phi) is 3.12. The van der Waals surface area contributed by atoms with Crippen LogP contribution in [-0.2, 0) is 0 Å². The average Bonchev–Trinajstić information content (AvgIpc) is 2.96. The van der Waals surface area contributed by atoms with E-state index in [2.05, 4.69) is 21.1 Å². The van der Waals surface area contributed by atoms with Crippen LogP contribution < -0.4 is 5.73 Å². The van der Waals surface area contributed by atoms with E-state index in [1.165, 1.54) is 23.5 Å². The fraction of sp³-hybridized carbons (Fsp3) is 0. The van der Waals surface area contributed by atoms with E-state index in [1.807, 2.05) is 17.5 Å². The Morgan fingerprint density at radius 1 is 1.32 bits per heavy atom. The van der Waals surface area contributed by atoms with Crippen LogP contribution in [0.25, 0.3) is 21.8 Å². The molecular formula is C13H8BrFN2OS. The van der Waals surface area contributed by atoms with Gasteiger partial charge in [0.05, 0.1) is 5.56 Å². The van der Waals surface area contributed by atoms with Gasteiger partial charge in [0.15, 0.2) is 11.6 Å². The predicted molar refractivity (Wildman–Crippen MR) is 77.3 cm³/mol. The summed E-state index contributed by atoms with van der Waals surface area (Å²) >= 11 is 4.79. The van der Waals surface area contributed by atoms with E-state index in [9.17, 15) is 4.39 Å². The van der Waals surface area contributed by atoms with Crippen molar-refractivity contribution in [2.75, 3.05) is 5.73 Å². The lowest BCUT2D eigenvalue weighted by atomic mass is 10.1.